The Morgan fingerprint density at radius 3 is 2.89 bits per heavy atom. The number of carbonyl (C=O) groups is 1. The van der Waals surface area contributed by atoms with Crippen molar-refractivity contribution in [3.05, 3.63) is 29.7 Å². The van der Waals surface area contributed by atoms with Crippen LogP contribution in [0, 0.1) is 0 Å². The summed E-state index contributed by atoms with van der Waals surface area (Å²) in [5.74, 6) is 0.0218. The first-order chi connectivity index (χ1) is 9.15. The van der Waals surface area contributed by atoms with E-state index in [0.717, 1.165) is 25.9 Å². The molecule has 100 valence electrons. The minimum Gasteiger partial charge on any atom is -0.462 e. The number of furan rings is 1. The first-order valence-electron chi connectivity index (χ1n) is 6.50. The molecule has 2 aromatic heterocycles. The maximum absolute atomic E-state index is 11.2. The molecule has 3 rings (SSSR count). The number of aromatic nitrogens is 1. The molecule has 1 saturated heterocycles. The largest absolute Gasteiger partial charge is 0.462 e. The van der Waals surface area contributed by atoms with E-state index in [0.29, 0.717) is 22.6 Å². The normalized spacial score (nSPS) is 17.9. The lowest BCUT2D eigenvalue weighted by atomic mass is 9.90. The van der Waals surface area contributed by atoms with E-state index < -0.39 is 5.91 Å². The standard InChI is InChI=1S/C14H17N3O2/c1-17-4-2-9(3-5-17)10-6-12-13(16-7-10)11(8-19-12)14(15)18/h6-9H,2-5H2,1H3,(H2,15,18). The lowest BCUT2D eigenvalue weighted by Crippen LogP contribution is -2.29. The molecule has 19 heavy (non-hydrogen) atoms. The Labute approximate surface area is 111 Å². The molecule has 0 atom stereocenters. The van der Waals surface area contributed by atoms with Crippen molar-refractivity contribution in [2.24, 2.45) is 5.73 Å². The quantitative estimate of drug-likeness (QED) is 0.891. The van der Waals surface area contributed by atoms with Crippen molar-refractivity contribution in [2.75, 3.05) is 20.1 Å². The second-order valence-corrected chi connectivity index (χ2v) is 5.21. The van der Waals surface area contributed by atoms with Crippen molar-refractivity contribution in [2.45, 2.75) is 18.8 Å². The van der Waals surface area contributed by atoms with Gasteiger partial charge in [-0.05, 0) is 50.5 Å². The molecule has 1 amide bonds. The third-order valence-corrected chi connectivity index (χ3v) is 3.89. The molecule has 0 spiro atoms. The van der Waals surface area contributed by atoms with Gasteiger partial charge in [-0.15, -0.1) is 0 Å². The average Bonchev–Trinajstić information content (AvgIpc) is 2.82. The third kappa shape index (κ3) is 2.21. The van der Waals surface area contributed by atoms with E-state index in [-0.39, 0.29) is 0 Å². The fourth-order valence-corrected chi connectivity index (χ4v) is 2.67. The lowest BCUT2D eigenvalue weighted by Gasteiger charge is -2.28. The van der Waals surface area contributed by atoms with Gasteiger partial charge < -0.3 is 15.1 Å². The van der Waals surface area contributed by atoms with E-state index in [4.69, 9.17) is 10.2 Å². The Morgan fingerprint density at radius 2 is 2.21 bits per heavy atom. The van der Waals surface area contributed by atoms with Crippen molar-refractivity contribution in [3.8, 4) is 0 Å². The first kappa shape index (κ1) is 12.2. The van der Waals surface area contributed by atoms with E-state index in [1.165, 1.54) is 11.8 Å². The summed E-state index contributed by atoms with van der Waals surface area (Å²) in [4.78, 5) is 17.9. The van der Waals surface area contributed by atoms with Crippen LogP contribution >= 0.6 is 0 Å². The fraction of sp³-hybridized carbons (Fsp3) is 0.429. The van der Waals surface area contributed by atoms with Gasteiger partial charge in [-0.3, -0.25) is 9.78 Å². The van der Waals surface area contributed by atoms with Crippen LogP contribution in [-0.4, -0.2) is 35.9 Å². The Morgan fingerprint density at radius 1 is 1.47 bits per heavy atom. The number of pyridine rings is 1. The molecule has 0 unspecified atom stereocenters. The summed E-state index contributed by atoms with van der Waals surface area (Å²) in [7, 11) is 2.14. The summed E-state index contributed by atoms with van der Waals surface area (Å²) in [6.45, 7) is 2.21. The van der Waals surface area contributed by atoms with Crippen molar-refractivity contribution in [3.63, 3.8) is 0 Å². The van der Waals surface area contributed by atoms with Gasteiger partial charge in [0.05, 0.1) is 0 Å². The lowest BCUT2D eigenvalue weighted by molar-refractivity contribution is 0.100. The van der Waals surface area contributed by atoms with Gasteiger partial charge >= 0.3 is 0 Å². The number of hydrogen-bond donors (Lipinski definition) is 1. The van der Waals surface area contributed by atoms with E-state index in [1.54, 1.807) is 0 Å². The van der Waals surface area contributed by atoms with Crippen LogP contribution in [0.5, 0.6) is 0 Å². The molecular weight excluding hydrogens is 242 g/mol. The molecule has 2 aromatic rings. The van der Waals surface area contributed by atoms with Crippen LogP contribution < -0.4 is 5.73 Å². The van der Waals surface area contributed by atoms with Crippen LogP contribution in [0.4, 0.5) is 0 Å². The van der Waals surface area contributed by atoms with Gasteiger partial charge in [-0.2, -0.15) is 0 Å². The van der Waals surface area contributed by atoms with Crippen molar-refractivity contribution in [1.82, 2.24) is 9.88 Å². The Bertz CT molecular complexity index is 612. The zero-order valence-corrected chi connectivity index (χ0v) is 10.9. The van der Waals surface area contributed by atoms with Gasteiger partial charge in [-0.25, -0.2) is 0 Å². The van der Waals surface area contributed by atoms with Crippen LogP contribution in [0.2, 0.25) is 0 Å². The highest BCUT2D eigenvalue weighted by Gasteiger charge is 2.20. The fourth-order valence-electron chi connectivity index (χ4n) is 2.67. The minimum absolute atomic E-state index is 0.352. The smallest absolute Gasteiger partial charge is 0.254 e. The molecule has 0 saturated carbocycles. The predicted octanol–water partition coefficient (Wildman–Crippen LogP) is 1.74. The average molecular weight is 259 g/mol. The van der Waals surface area contributed by atoms with Crippen LogP contribution in [0.15, 0.2) is 22.9 Å². The third-order valence-electron chi connectivity index (χ3n) is 3.89. The van der Waals surface area contributed by atoms with Crippen molar-refractivity contribution >= 4 is 17.0 Å². The number of likely N-dealkylation sites (tertiary alicyclic amines) is 1. The summed E-state index contributed by atoms with van der Waals surface area (Å²) in [5, 5.41) is 0. The summed E-state index contributed by atoms with van der Waals surface area (Å²) in [6, 6.07) is 1.99. The first-order valence-corrected chi connectivity index (χ1v) is 6.50. The Kier molecular flexibility index (Phi) is 2.98. The second-order valence-electron chi connectivity index (χ2n) is 5.21. The number of hydrogen-bond acceptors (Lipinski definition) is 4. The SMILES string of the molecule is CN1CCC(c2cnc3c(C(N)=O)coc3c2)CC1. The van der Waals surface area contributed by atoms with Crippen LogP contribution in [0.25, 0.3) is 11.1 Å². The summed E-state index contributed by atoms with van der Waals surface area (Å²) >= 11 is 0. The molecule has 0 bridgehead atoms. The number of rotatable bonds is 2. The number of primary amides is 1. The molecule has 0 radical (unpaired) electrons. The van der Waals surface area contributed by atoms with Gasteiger partial charge in [0.15, 0.2) is 5.58 Å². The highest BCUT2D eigenvalue weighted by molar-refractivity contribution is 6.03. The topological polar surface area (TPSA) is 72.4 Å². The number of fused-ring (bicyclic) bond motifs is 1. The number of amides is 1. The van der Waals surface area contributed by atoms with E-state index >= 15 is 0 Å². The van der Waals surface area contributed by atoms with Gasteiger partial charge in [0.2, 0.25) is 0 Å². The zero-order chi connectivity index (χ0) is 13.4. The van der Waals surface area contributed by atoms with Crippen molar-refractivity contribution < 1.29 is 9.21 Å². The number of piperidine rings is 1. The van der Waals surface area contributed by atoms with Crippen molar-refractivity contribution in [1.29, 1.82) is 0 Å². The monoisotopic (exact) mass is 259 g/mol. The zero-order valence-electron chi connectivity index (χ0n) is 10.9. The number of nitrogens with zero attached hydrogens (tertiary/aromatic N) is 2. The van der Waals surface area contributed by atoms with Crippen LogP contribution in [0.3, 0.4) is 0 Å². The van der Waals surface area contributed by atoms with Crippen LogP contribution in [0.1, 0.15) is 34.7 Å². The number of nitrogens with two attached hydrogens (primary N) is 1. The van der Waals surface area contributed by atoms with Gasteiger partial charge in [-0.1, -0.05) is 0 Å². The van der Waals surface area contributed by atoms with E-state index in [1.807, 2.05) is 12.3 Å². The molecule has 5 heteroatoms. The summed E-state index contributed by atoms with van der Waals surface area (Å²) in [6.07, 6.45) is 5.50. The molecule has 1 aliphatic heterocycles. The molecule has 1 fully saturated rings. The maximum Gasteiger partial charge on any atom is 0.254 e. The van der Waals surface area contributed by atoms with Gasteiger partial charge in [0.1, 0.15) is 17.3 Å². The summed E-state index contributed by atoms with van der Waals surface area (Å²) < 4.78 is 5.39. The van der Waals surface area contributed by atoms with Gasteiger partial charge in [0.25, 0.3) is 5.91 Å². The summed E-state index contributed by atoms with van der Waals surface area (Å²) in [5.41, 5.74) is 8.02. The highest BCUT2D eigenvalue weighted by Crippen LogP contribution is 2.29. The Hall–Kier alpha value is -1.88. The van der Waals surface area contributed by atoms with E-state index in [9.17, 15) is 4.79 Å². The molecule has 3 heterocycles. The van der Waals surface area contributed by atoms with Crippen LogP contribution in [-0.2, 0) is 0 Å². The molecular formula is C14H17N3O2. The van der Waals surface area contributed by atoms with Gasteiger partial charge in [0, 0.05) is 6.20 Å². The maximum atomic E-state index is 11.2. The molecule has 1 aliphatic rings. The minimum atomic E-state index is -0.502. The van der Waals surface area contributed by atoms with E-state index in [2.05, 4.69) is 16.9 Å². The molecule has 2 N–H and O–H groups in total. The second kappa shape index (κ2) is 4.66. The molecule has 0 aliphatic carbocycles. The Balaban J connectivity index is 1.92. The predicted molar refractivity (Wildman–Crippen MR) is 72.0 cm³/mol. The molecule has 5 nitrogen and oxygen atoms in total. The highest BCUT2D eigenvalue weighted by atomic mass is 16.3. The number of carbonyl (C=O) groups excluding carboxylic acids is 1. The molecule has 0 aromatic carbocycles.